The lowest BCUT2D eigenvalue weighted by Gasteiger charge is -2.02. The molecule has 0 spiro atoms. The molecule has 0 saturated carbocycles. The van der Waals surface area contributed by atoms with Crippen molar-refractivity contribution in [3.63, 3.8) is 0 Å². The predicted molar refractivity (Wildman–Crippen MR) is 62.0 cm³/mol. The van der Waals surface area contributed by atoms with Crippen LogP contribution in [0.1, 0.15) is 0 Å². The van der Waals surface area contributed by atoms with Gasteiger partial charge in [-0.2, -0.15) is 0 Å². The van der Waals surface area contributed by atoms with Crippen molar-refractivity contribution in [2.75, 3.05) is 5.73 Å². The fraction of sp³-hybridized carbons (Fsp3) is 0. The summed E-state index contributed by atoms with van der Waals surface area (Å²) in [7, 11) is -1.11. The molecule has 0 unspecified atom stereocenters. The van der Waals surface area contributed by atoms with Crippen LogP contribution in [0, 0.1) is 0 Å². The second-order valence-corrected chi connectivity index (χ2v) is 4.63. The molecule has 0 aliphatic heterocycles. The molecule has 2 N–H and O–H groups in total. The van der Waals surface area contributed by atoms with Gasteiger partial charge in [0.2, 0.25) is 0 Å². The van der Waals surface area contributed by atoms with Crippen LogP contribution in [0.4, 0.5) is 5.69 Å². The Balaban J connectivity index is 2.33. The molecule has 2 nitrogen and oxygen atoms in total. The Morgan fingerprint density at radius 1 is 0.800 bits per heavy atom. The lowest BCUT2D eigenvalue weighted by Crippen LogP contribution is -1.93. The molecule has 76 valence electrons. The number of benzene rings is 2. The molecule has 3 heteroatoms. The van der Waals surface area contributed by atoms with Crippen LogP contribution in [-0.2, 0) is 10.8 Å². The molecule has 1 atom stereocenters. The first-order valence-electron chi connectivity index (χ1n) is 4.60. The van der Waals surface area contributed by atoms with Crippen LogP contribution in [-0.4, -0.2) is 4.21 Å². The van der Waals surface area contributed by atoms with E-state index in [0.29, 0.717) is 5.69 Å². The second kappa shape index (κ2) is 4.28. The first kappa shape index (κ1) is 9.93. The quantitative estimate of drug-likeness (QED) is 0.785. The van der Waals surface area contributed by atoms with E-state index in [2.05, 4.69) is 0 Å². The Labute approximate surface area is 91.2 Å². The minimum absolute atomic E-state index is 0.684. The summed E-state index contributed by atoms with van der Waals surface area (Å²) in [6.45, 7) is 0. The Hall–Kier alpha value is -1.61. The fourth-order valence-corrected chi connectivity index (χ4v) is 2.33. The van der Waals surface area contributed by atoms with Gasteiger partial charge in [-0.25, -0.2) is 4.21 Å². The summed E-state index contributed by atoms with van der Waals surface area (Å²) in [4.78, 5) is 1.58. The Morgan fingerprint density at radius 2 is 1.33 bits per heavy atom. The van der Waals surface area contributed by atoms with E-state index in [0.717, 1.165) is 9.79 Å². The zero-order valence-corrected chi connectivity index (χ0v) is 8.91. The molecule has 0 saturated heterocycles. The number of nitrogen functional groups attached to an aromatic ring is 1. The van der Waals surface area contributed by atoms with Crippen LogP contribution in [0.15, 0.2) is 64.4 Å². The minimum Gasteiger partial charge on any atom is -0.399 e. The third-order valence-electron chi connectivity index (χ3n) is 2.05. The first-order chi connectivity index (χ1) is 7.27. The smallest absolute Gasteiger partial charge is 0.0849 e. The highest BCUT2D eigenvalue weighted by molar-refractivity contribution is 7.85. The largest absolute Gasteiger partial charge is 0.399 e. The van der Waals surface area contributed by atoms with Gasteiger partial charge < -0.3 is 5.73 Å². The van der Waals surface area contributed by atoms with E-state index in [-0.39, 0.29) is 0 Å². The van der Waals surface area contributed by atoms with Crippen LogP contribution in [0.5, 0.6) is 0 Å². The number of hydrogen-bond donors (Lipinski definition) is 1. The Bertz CT molecular complexity index is 465. The van der Waals surface area contributed by atoms with Gasteiger partial charge in [0.05, 0.1) is 10.8 Å². The van der Waals surface area contributed by atoms with Crippen molar-refractivity contribution in [1.82, 2.24) is 0 Å². The van der Waals surface area contributed by atoms with E-state index in [4.69, 9.17) is 5.73 Å². The van der Waals surface area contributed by atoms with Crippen molar-refractivity contribution in [3.05, 3.63) is 54.6 Å². The van der Waals surface area contributed by atoms with Crippen molar-refractivity contribution in [3.8, 4) is 0 Å². The molecular weight excluding hydrogens is 206 g/mol. The van der Waals surface area contributed by atoms with Crippen LogP contribution in [0.25, 0.3) is 0 Å². The van der Waals surface area contributed by atoms with Crippen molar-refractivity contribution < 1.29 is 4.21 Å². The lowest BCUT2D eigenvalue weighted by atomic mass is 10.3. The third kappa shape index (κ3) is 2.25. The molecule has 0 radical (unpaired) electrons. The van der Waals surface area contributed by atoms with Crippen molar-refractivity contribution in [1.29, 1.82) is 0 Å². The zero-order valence-electron chi connectivity index (χ0n) is 8.09. The minimum atomic E-state index is -1.11. The Morgan fingerprint density at radius 3 is 1.93 bits per heavy atom. The molecule has 0 bridgehead atoms. The highest BCUT2D eigenvalue weighted by atomic mass is 32.2. The highest BCUT2D eigenvalue weighted by Gasteiger charge is 2.05. The monoisotopic (exact) mass is 217 g/mol. The number of rotatable bonds is 2. The molecule has 2 aromatic carbocycles. The molecule has 0 aliphatic rings. The summed E-state index contributed by atoms with van der Waals surface area (Å²) in [5.41, 5.74) is 6.25. The van der Waals surface area contributed by atoms with Gasteiger partial charge in [0.15, 0.2) is 0 Å². The van der Waals surface area contributed by atoms with Crippen LogP contribution < -0.4 is 5.73 Å². The van der Waals surface area contributed by atoms with Gasteiger partial charge >= 0.3 is 0 Å². The van der Waals surface area contributed by atoms with Gasteiger partial charge in [0, 0.05) is 15.5 Å². The van der Waals surface area contributed by atoms with Gasteiger partial charge in [0.1, 0.15) is 0 Å². The maximum atomic E-state index is 12.0. The first-order valence-corrected chi connectivity index (χ1v) is 5.75. The average molecular weight is 217 g/mol. The van der Waals surface area contributed by atoms with Crippen molar-refractivity contribution in [2.24, 2.45) is 0 Å². The number of nitrogens with two attached hydrogens (primary N) is 1. The van der Waals surface area contributed by atoms with E-state index < -0.39 is 10.8 Å². The Kier molecular flexibility index (Phi) is 2.83. The standard InChI is InChI=1S/C12H11NOS/c13-10-6-8-12(9-7-10)15(14)11-4-2-1-3-5-11/h1-9H,13H2/t15-/m0/s1. The van der Waals surface area contributed by atoms with E-state index in [1.807, 2.05) is 30.3 Å². The summed E-state index contributed by atoms with van der Waals surface area (Å²) in [5.74, 6) is 0. The zero-order chi connectivity index (χ0) is 10.7. The van der Waals surface area contributed by atoms with Gasteiger partial charge in [-0.15, -0.1) is 0 Å². The predicted octanol–water partition coefficient (Wildman–Crippen LogP) is 2.44. The van der Waals surface area contributed by atoms with Gasteiger partial charge in [-0.3, -0.25) is 0 Å². The lowest BCUT2D eigenvalue weighted by molar-refractivity contribution is 0.683. The van der Waals surface area contributed by atoms with Gasteiger partial charge in [-0.1, -0.05) is 18.2 Å². The van der Waals surface area contributed by atoms with Crippen LogP contribution in [0.3, 0.4) is 0 Å². The van der Waals surface area contributed by atoms with Crippen molar-refractivity contribution in [2.45, 2.75) is 9.79 Å². The maximum Gasteiger partial charge on any atom is 0.0849 e. The van der Waals surface area contributed by atoms with Gasteiger partial charge in [0.25, 0.3) is 0 Å². The topological polar surface area (TPSA) is 43.1 Å². The average Bonchev–Trinajstić information content (AvgIpc) is 2.30. The molecule has 0 aromatic heterocycles. The highest BCUT2D eigenvalue weighted by Crippen LogP contribution is 2.16. The molecule has 2 rings (SSSR count). The molecule has 2 aromatic rings. The summed E-state index contributed by atoms with van der Waals surface area (Å²) in [6, 6.07) is 16.5. The summed E-state index contributed by atoms with van der Waals surface area (Å²) >= 11 is 0. The molecule has 15 heavy (non-hydrogen) atoms. The van der Waals surface area contributed by atoms with Crippen LogP contribution in [0.2, 0.25) is 0 Å². The maximum absolute atomic E-state index is 12.0. The molecule has 0 heterocycles. The number of anilines is 1. The SMILES string of the molecule is Nc1ccc([S@@](=O)c2ccccc2)cc1. The summed E-state index contributed by atoms with van der Waals surface area (Å²) in [6.07, 6.45) is 0. The van der Waals surface area contributed by atoms with E-state index in [1.54, 1.807) is 24.3 Å². The third-order valence-corrected chi connectivity index (χ3v) is 3.45. The van der Waals surface area contributed by atoms with E-state index >= 15 is 0 Å². The fourth-order valence-electron chi connectivity index (χ4n) is 1.27. The normalized spacial score (nSPS) is 12.3. The van der Waals surface area contributed by atoms with Crippen LogP contribution >= 0.6 is 0 Å². The molecule has 0 amide bonds. The second-order valence-electron chi connectivity index (χ2n) is 3.15. The van der Waals surface area contributed by atoms with E-state index in [9.17, 15) is 4.21 Å². The molecular formula is C12H11NOS. The summed E-state index contributed by atoms with van der Waals surface area (Å²) in [5, 5.41) is 0. The van der Waals surface area contributed by atoms with Crippen molar-refractivity contribution >= 4 is 16.5 Å². The summed E-state index contributed by atoms with van der Waals surface area (Å²) < 4.78 is 12.0. The molecule has 0 aliphatic carbocycles. The van der Waals surface area contributed by atoms with E-state index in [1.165, 1.54) is 0 Å². The molecule has 0 fully saturated rings. The number of hydrogen-bond acceptors (Lipinski definition) is 2. The van der Waals surface area contributed by atoms with Gasteiger partial charge in [-0.05, 0) is 36.4 Å².